The molecule has 0 aliphatic carbocycles. The molecular weight excluding hydrogens is 396 g/mol. The summed E-state index contributed by atoms with van der Waals surface area (Å²) < 4.78 is 1.25. The van der Waals surface area contributed by atoms with E-state index in [1.807, 2.05) is 6.07 Å². The molecule has 6 heteroatoms. The van der Waals surface area contributed by atoms with Crippen molar-refractivity contribution < 1.29 is 0 Å². The Labute approximate surface area is 140 Å². The van der Waals surface area contributed by atoms with E-state index in [9.17, 15) is 0 Å². The summed E-state index contributed by atoms with van der Waals surface area (Å²) >= 11 is 2.36. The molecule has 0 radical (unpaired) electrons. The Kier molecular flexibility index (Phi) is 9.75. The molecule has 0 spiro atoms. The molecule has 1 aromatic rings. The van der Waals surface area contributed by atoms with Crippen LogP contribution in [0.25, 0.3) is 0 Å². The molecule has 0 saturated carbocycles. The summed E-state index contributed by atoms with van der Waals surface area (Å²) in [6.45, 7) is 4.09. The summed E-state index contributed by atoms with van der Waals surface area (Å²) in [7, 11) is 0. The van der Waals surface area contributed by atoms with E-state index in [1.165, 1.54) is 9.13 Å². The molecule has 1 aromatic carbocycles. The minimum atomic E-state index is 0. The van der Waals surface area contributed by atoms with Gasteiger partial charge in [-0.15, -0.1) is 24.8 Å². The standard InChI is InChI=1S/C13H16IN3.2ClH/c14-12-4-2-1-3-11(12)13(5-6-15)17-9-7-16-8-10-17;;/h1-4,13,16H,5,7-10H2;2*1H/t13-;;/m1../s1. The van der Waals surface area contributed by atoms with Crippen LogP contribution < -0.4 is 5.32 Å². The van der Waals surface area contributed by atoms with Gasteiger partial charge >= 0.3 is 0 Å². The molecule has 2 rings (SSSR count). The van der Waals surface area contributed by atoms with Crippen LogP contribution in [0.3, 0.4) is 0 Å². The highest BCUT2D eigenvalue weighted by Gasteiger charge is 2.23. The molecule has 1 aliphatic heterocycles. The normalized spacial score (nSPS) is 16.6. The monoisotopic (exact) mass is 413 g/mol. The lowest BCUT2D eigenvalue weighted by atomic mass is 10.0. The van der Waals surface area contributed by atoms with Crippen LogP contribution in [0.1, 0.15) is 18.0 Å². The predicted octanol–water partition coefficient (Wildman–Crippen LogP) is 2.99. The number of hydrogen-bond donors (Lipinski definition) is 1. The largest absolute Gasteiger partial charge is 0.314 e. The van der Waals surface area contributed by atoms with Gasteiger partial charge in [-0.1, -0.05) is 18.2 Å². The van der Waals surface area contributed by atoms with E-state index in [0.717, 1.165) is 26.2 Å². The first-order chi connectivity index (χ1) is 8.33. The Hall–Kier alpha value is -0.0600. The van der Waals surface area contributed by atoms with Crippen LogP contribution in [0.15, 0.2) is 24.3 Å². The van der Waals surface area contributed by atoms with Crippen LogP contribution in [0, 0.1) is 14.9 Å². The average molecular weight is 414 g/mol. The van der Waals surface area contributed by atoms with E-state index >= 15 is 0 Å². The second-order valence-corrected chi connectivity index (χ2v) is 5.35. The van der Waals surface area contributed by atoms with Crippen LogP contribution in [0.5, 0.6) is 0 Å². The SMILES string of the molecule is Cl.Cl.N#CC[C@H](c1ccccc1I)N1CCNCC1. The van der Waals surface area contributed by atoms with Gasteiger partial charge < -0.3 is 5.32 Å². The number of rotatable bonds is 3. The third kappa shape index (κ3) is 5.09. The molecule has 1 aliphatic rings. The van der Waals surface area contributed by atoms with Gasteiger partial charge in [-0.05, 0) is 34.2 Å². The minimum Gasteiger partial charge on any atom is -0.314 e. The molecule has 1 heterocycles. The number of benzene rings is 1. The van der Waals surface area contributed by atoms with Gasteiger partial charge in [-0.3, -0.25) is 4.90 Å². The third-order valence-corrected chi connectivity index (χ3v) is 4.12. The van der Waals surface area contributed by atoms with Crippen molar-refractivity contribution in [2.45, 2.75) is 12.5 Å². The van der Waals surface area contributed by atoms with Crippen molar-refractivity contribution in [3.05, 3.63) is 33.4 Å². The number of nitriles is 1. The summed E-state index contributed by atoms with van der Waals surface area (Å²) in [5.41, 5.74) is 1.29. The molecule has 0 aromatic heterocycles. The second-order valence-electron chi connectivity index (χ2n) is 4.19. The highest BCUT2D eigenvalue weighted by molar-refractivity contribution is 14.1. The summed E-state index contributed by atoms with van der Waals surface area (Å²) in [5.74, 6) is 0. The van der Waals surface area contributed by atoms with Crippen LogP contribution in [-0.4, -0.2) is 31.1 Å². The fraction of sp³-hybridized carbons (Fsp3) is 0.462. The fourth-order valence-corrected chi connectivity index (χ4v) is 3.01. The topological polar surface area (TPSA) is 39.1 Å². The first-order valence-corrected chi connectivity index (χ1v) is 6.97. The average Bonchev–Trinajstić information content (AvgIpc) is 2.38. The van der Waals surface area contributed by atoms with E-state index in [4.69, 9.17) is 5.26 Å². The molecule has 1 atom stereocenters. The van der Waals surface area contributed by atoms with E-state index in [0.29, 0.717) is 6.42 Å². The van der Waals surface area contributed by atoms with E-state index in [1.54, 1.807) is 0 Å². The Morgan fingerprint density at radius 1 is 1.26 bits per heavy atom. The van der Waals surface area contributed by atoms with Gasteiger partial charge in [0, 0.05) is 35.8 Å². The fourth-order valence-electron chi connectivity index (χ4n) is 2.26. The molecular formula is C13H18Cl2IN3. The zero-order valence-electron chi connectivity index (χ0n) is 10.5. The van der Waals surface area contributed by atoms with Crippen molar-refractivity contribution in [3.8, 4) is 6.07 Å². The summed E-state index contributed by atoms with van der Waals surface area (Å²) in [5, 5.41) is 12.4. The van der Waals surface area contributed by atoms with Gasteiger partial charge in [-0.25, -0.2) is 0 Å². The molecule has 1 fully saturated rings. The molecule has 3 nitrogen and oxygen atoms in total. The smallest absolute Gasteiger partial charge is 0.0641 e. The molecule has 0 amide bonds. The zero-order chi connectivity index (χ0) is 12.1. The first kappa shape index (κ1) is 18.9. The van der Waals surface area contributed by atoms with Crippen molar-refractivity contribution in [3.63, 3.8) is 0 Å². The van der Waals surface area contributed by atoms with Crippen molar-refractivity contribution in [1.82, 2.24) is 10.2 Å². The van der Waals surface area contributed by atoms with E-state index in [-0.39, 0.29) is 30.9 Å². The zero-order valence-corrected chi connectivity index (χ0v) is 14.3. The van der Waals surface area contributed by atoms with Crippen molar-refractivity contribution in [2.75, 3.05) is 26.2 Å². The highest BCUT2D eigenvalue weighted by Crippen LogP contribution is 2.28. The number of hydrogen-bond acceptors (Lipinski definition) is 3. The Bertz CT molecular complexity index is 417. The maximum absolute atomic E-state index is 9.02. The van der Waals surface area contributed by atoms with Gasteiger partial charge in [0.05, 0.1) is 12.5 Å². The minimum absolute atomic E-state index is 0. The van der Waals surface area contributed by atoms with Crippen LogP contribution in [0.4, 0.5) is 0 Å². The van der Waals surface area contributed by atoms with Crippen molar-refractivity contribution in [2.24, 2.45) is 0 Å². The number of halogens is 3. The first-order valence-electron chi connectivity index (χ1n) is 5.89. The second kappa shape index (κ2) is 9.78. The molecule has 0 unspecified atom stereocenters. The van der Waals surface area contributed by atoms with Gasteiger partial charge in [0.25, 0.3) is 0 Å². The van der Waals surface area contributed by atoms with E-state index < -0.39 is 0 Å². The molecule has 1 saturated heterocycles. The van der Waals surface area contributed by atoms with Crippen molar-refractivity contribution >= 4 is 47.4 Å². The molecule has 0 bridgehead atoms. The number of nitrogens with zero attached hydrogens (tertiary/aromatic N) is 2. The van der Waals surface area contributed by atoms with Gasteiger partial charge in [0.15, 0.2) is 0 Å². The van der Waals surface area contributed by atoms with E-state index in [2.05, 4.69) is 57.1 Å². The van der Waals surface area contributed by atoms with Gasteiger partial charge in [0.2, 0.25) is 0 Å². The quantitative estimate of drug-likeness (QED) is 0.774. The van der Waals surface area contributed by atoms with Gasteiger partial charge in [0.1, 0.15) is 0 Å². The van der Waals surface area contributed by atoms with Crippen LogP contribution >= 0.6 is 47.4 Å². The number of piperazine rings is 1. The summed E-state index contributed by atoms with van der Waals surface area (Å²) in [4.78, 5) is 2.41. The summed E-state index contributed by atoms with van der Waals surface area (Å²) in [6, 6.07) is 10.9. The highest BCUT2D eigenvalue weighted by atomic mass is 127. The van der Waals surface area contributed by atoms with Gasteiger partial charge in [-0.2, -0.15) is 5.26 Å². The predicted molar refractivity (Wildman–Crippen MR) is 91.1 cm³/mol. The molecule has 1 N–H and O–H groups in total. The Morgan fingerprint density at radius 2 is 1.89 bits per heavy atom. The molecule has 19 heavy (non-hydrogen) atoms. The van der Waals surface area contributed by atoms with Crippen LogP contribution in [-0.2, 0) is 0 Å². The maximum atomic E-state index is 9.02. The summed E-state index contributed by atoms with van der Waals surface area (Å²) in [6.07, 6.45) is 0.569. The van der Waals surface area contributed by atoms with Crippen LogP contribution in [0.2, 0.25) is 0 Å². The third-order valence-electron chi connectivity index (χ3n) is 3.14. The lowest BCUT2D eigenvalue weighted by molar-refractivity contribution is 0.175. The Morgan fingerprint density at radius 3 is 2.47 bits per heavy atom. The number of nitrogens with one attached hydrogen (secondary N) is 1. The lowest BCUT2D eigenvalue weighted by Gasteiger charge is -2.34. The molecule has 106 valence electrons. The van der Waals surface area contributed by atoms with Crippen molar-refractivity contribution in [1.29, 1.82) is 5.26 Å². The maximum Gasteiger partial charge on any atom is 0.0641 e. The Balaban J connectivity index is 0.00000162. The lowest BCUT2D eigenvalue weighted by Crippen LogP contribution is -2.45.